The molecule has 8 heteroatoms. The van der Waals surface area contributed by atoms with E-state index in [0.717, 1.165) is 37.7 Å². The number of carbonyl (C=O) groups is 2. The maximum absolute atomic E-state index is 13.4. The Bertz CT molecular complexity index is 1120. The molecule has 7 nitrogen and oxygen atoms in total. The molecule has 1 atom stereocenters. The molecule has 1 aliphatic heterocycles. The number of halogens is 1. The number of likely N-dealkylation sites (tertiary alicyclic amines) is 1. The van der Waals surface area contributed by atoms with Crippen LogP contribution in [0.4, 0.5) is 0 Å². The van der Waals surface area contributed by atoms with Crippen LogP contribution in [0.15, 0.2) is 59.1 Å². The van der Waals surface area contributed by atoms with Crippen molar-refractivity contribution >= 4 is 23.4 Å². The summed E-state index contributed by atoms with van der Waals surface area (Å²) in [6.45, 7) is 3.23. The number of aromatic nitrogens is 2. The van der Waals surface area contributed by atoms with E-state index in [-0.39, 0.29) is 24.4 Å². The number of amides is 2. The minimum Gasteiger partial charge on any atom is -0.337 e. The number of unbranched alkanes of at least 4 members (excludes halogenated alkanes) is 1. The average molecular weight is 481 g/mol. The van der Waals surface area contributed by atoms with E-state index >= 15 is 0 Å². The van der Waals surface area contributed by atoms with Crippen molar-refractivity contribution in [1.82, 2.24) is 19.9 Å². The first-order valence-corrected chi connectivity index (χ1v) is 12.2. The fourth-order valence-electron chi connectivity index (χ4n) is 4.22. The van der Waals surface area contributed by atoms with Crippen LogP contribution in [0.25, 0.3) is 11.4 Å². The monoisotopic (exact) mass is 480 g/mol. The van der Waals surface area contributed by atoms with Gasteiger partial charge < -0.3 is 14.3 Å². The van der Waals surface area contributed by atoms with Crippen LogP contribution < -0.4 is 0 Å². The molecule has 2 aromatic carbocycles. The Morgan fingerprint density at radius 2 is 1.97 bits per heavy atom. The number of rotatable bonds is 8. The lowest BCUT2D eigenvalue weighted by Crippen LogP contribution is -2.46. The van der Waals surface area contributed by atoms with Gasteiger partial charge in [0.05, 0.1) is 0 Å². The van der Waals surface area contributed by atoms with E-state index in [0.29, 0.717) is 35.4 Å². The highest BCUT2D eigenvalue weighted by atomic mass is 35.5. The number of hydrogen-bond donors (Lipinski definition) is 0. The van der Waals surface area contributed by atoms with Gasteiger partial charge in [0.25, 0.3) is 5.91 Å². The fourth-order valence-corrected chi connectivity index (χ4v) is 4.41. The second kappa shape index (κ2) is 11.3. The van der Waals surface area contributed by atoms with Crippen molar-refractivity contribution in [2.75, 3.05) is 19.6 Å². The standard InChI is InChI=1S/C26H29ClN4O3/c1-2-3-15-30(26(33)19-10-5-4-6-11-19)18-23(32)31-16-8-7-14-22(31)25-28-24(29-34-25)20-12-9-13-21(27)17-20/h4-6,9-13,17,22H,2-3,7-8,14-16,18H2,1H3. The van der Waals surface area contributed by atoms with Crippen molar-refractivity contribution in [3.63, 3.8) is 0 Å². The highest BCUT2D eigenvalue weighted by Crippen LogP contribution is 2.31. The number of nitrogens with zero attached hydrogens (tertiary/aromatic N) is 4. The maximum atomic E-state index is 13.4. The maximum Gasteiger partial charge on any atom is 0.254 e. The Balaban J connectivity index is 1.52. The molecule has 0 spiro atoms. The first kappa shape index (κ1) is 24.0. The molecule has 1 unspecified atom stereocenters. The molecule has 2 amide bonds. The summed E-state index contributed by atoms with van der Waals surface area (Å²) in [5.41, 5.74) is 1.35. The van der Waals surface area contributed by atoms with Crippen LogP contribution in [0.5, 0.6) is 0 Å². The fraction of sp³-hybridized carbons (Fsp3) is 0.385. The third-order valence-electron chi connectivity index (χ3n) is 6.05. The zero-order valence-electron chi connectivity index (χ0n) is 19.3. The van der Waals surface area contributed by atoms with Gasteiger partial charge in [-0.2, -0.15) is 4.98 Å². The highest BCUT2D eigenvalue weighted by Gasteiger charge is 2.33. The lowest BCUT2D eigenvalue weighted by Gasteiger charge is -2.35. The van der Waals surface area contributed by atoms with Crippen LogP contribution in [0.2, 0.25) is 5.02 Å². The molecule has 34 heavy (non-hydrogen) atoms. The Hall–Kier alpha value is -3.19. The Morgan fingerprint density at radius 3 is 2.74 bits per heavy atom. The van der Waals surface area contributed by atoms with Crippen LogP contribution in [-0.2, 0) is 4.79 Å². The SMILES string of the molecule is CCCCN(CC(=O)N1CCCCC1c1nc(-c2cccc(Cl)c2)no1)C(=O)c1ccccc1. The van der Waals surface area contributed by atoms with E-state index in [2.05, 4.69) is 17.1 Å². The molecule has 1 aliphatic rings. The van der Waals surface area contributed by atoms with E-state index < -0.39 is 0 Å². The summed E-state index contributed by atoms with van der Waals surface area (Å²) < 4.78 is 5.59. The summed E-state index contributed by atoms with van der Waals surface area (Å²) in [5, 5.41) is 4.71. The third-order valence-corrected chi connectivity index (χ3v) is 6.28. The zero-order valence-corrected chi connectivity index (χ0v) is 20.1. The van der Waals surface area contributed by atoms with Crippen LogP contribution in [0.3, 0.4) is 0 Å². The predicted molar refractivity (Wildman–Crippen MR) is 130 cm³/mol. The Kier molecular flexibility index (Phi) is 7.95. The summed E-state index contributed by atoms with van der Waals surface area (Å²) in [7, 11) is 0. The molecule has 0 bridgehead atoms. The van der Waals surface area contributed by atoms with Crippen LogP contribution in [0, 0.1) is 0 Å². The van der Waals surface area contributed by atoms with Crippen molar-refractivity contribution in [2.24, 2.45) is 0 Å². The van der Waals surface area contributed by atoms with Crippen molar-refractivity contribution in [2.45, 2.75) is 45.1 Å². The molecule has 1 saturated heterocycles. The summed E-state index contributed by atoms with van der Waals surface area (Å²) in [5.74, 6) is 0.626. The average Bonchev–Trinajstić information content (AvgIpc) is 3.37. The number of benzene rings is 2. The van der Waals surface area contributed by atoms with Gasteiger partial charge in [0.1, 0.15) is 12.6 Å². The van der Waals surface area contributed by atoms with Crippen LogP contribution >= 0.6 is 11.6 Å². The summed E-state index contributed by atoms with van der Waals surface area (Å²) in [6.07, 6.45) is 4.38. The summed E-state index contributed by atoms with van der Waals surface area (Å²) in [4.78, 5) is 34.6. The van der Waals surface area contributed by atoms with Gasteiger partial charge in [0.15, 0.2) is 0 Å². The minimum atomic E-state index is -0.304. The molecule has 1 fully saturated rings. The first-order chi connectivity index (χ1) is 16.6. The molecule has 178 valence electrons. The van der Waals surface area contributed by atoms with Crippen LogP contribution in [-0.4, -0.2) is 51.4 Å². The number of hydrogen-bond acceptors (Lipinski definition) is 5. The third kappa shape index (κ3) is 5.65. The molecule has 1 aromatic heterocycles. The Labute approximate surface area is 204 Å². The quantitative estimate of drug-likeness (QED) is 0.432. The summed E-state index contributed by atoms with van der Waals surface area (Å²) >= 11 is 6.10. The number of piperidine rings is 1. The van der Waals surface area contributed by atoms with E-state index in [4.69, 9.17) is 16.1 Å². The van der Waals surface area contributed by atoms with Gasteiger partial charge in [0, 0.05) is 29.2 Å². The molecular weight excluding hydrogens is 452 g/mol. The normalized spacial score (nSPS) is 15.8. The van der Waals surface area contributed by atoms with E-state index in [1.165, 1.54) is 0 Å². The van der Waals surface area contributed by atoms with Crippen molar-refractivity contribution < 1.29 is 14.1 Å². The summed E-state index contributed by atoms with van der Waals surface area (Å²) in [6, 6.07) is 16.1. The van der Waals surface area contributed by atoms with Gasteiger partial charge in [-0.15, -0.1) is 0 Å². The molecule has 0 radical (unpaired) electrons. The largest absolute Gasteiger partial charge is 0.337 e. The lowest BCUT2D eigenvalue weighted by molar-refractivity contribution is -0.136. The molecule has 0 aliphatic carbocycles. The first-order valence-electron chi connectivity index (χ1n) is 11.8. The molecule has 0 saturated carbocycles. The predicted octanol–water partition coefficient (Wildman–Crippen LogP) is 5.39. The van der Waals surface area contributed by atoms with Gasteiger partial charge in [-0.05, 0) is 49.9 Å². The van der Waals surface area contributed by atoms with Gasteiger partial charge in [-0.3, -0.25) is 9.59 Å². The minimum absolute atomic E-state index is 0.0273. The van der Waals surface area contributed by atoms with Crippen molar-refractivity contribution in [3.05, 3.63) is 71.1 Å². The Morgan fingerprint density at radius 1 is 1.15 bits per heavy atom. The second-order valence-corrected chi connectivity index (χ2v) is 8.95. The second-order valence-electron chi connectivity index (χ2n) is 8.51. The van der Waals surface area contributed by atoms with Crippen molar-refractivity contribution in [3.8, 4) is 11.4 Å². The van der Waals surface area contributed by atoms with E-state index in [1.807, 2.05) is 30.3 Å². The molecule has 4 rings (SSSR count). The zero-order chi connectivity index (χ0) is 23.9. The molecule has 3 aromatic rings. The molecular formula is C26H29ClN4O3. The van der Waals surface area contributed by atoms with Gasteiger partial charge in [-0.25, -0.2) is 0 Å². The topological polar surface area (TPSA) is 79.5 Å². The number of carbonyl (C=O) groups excluding carboxylic acids is 2. The molecule has 2 heterocycles. The van der Waals surface area contributed by atoms with Crippen LogP contribution in [0.1, 0.15) is 61.3 Å². The van der Waals surface area contributed by atoms with E-state index in [9.17, 15) is 9.59 Å². The van der Waals surface area contributed by atoms with Gasteiger partial charge in [0.2, 0.25) is 17.6 Å². The van der Waals surface area contributed by atoms with Crippen molar-refractivity contribution in [1.29, 1.82) is 0 Å². The van der Waals surface area contributed by atoms with Gasteiger partial charge >= 0.3 is 0 Å². The lowest BCUT2D eigenvalue weighted by atomic mass is 10.0. The smallest absolute Gasteiger partial charge is 0.254 e. The molecule has 0 N–H and O–H groups in total. The highest BCUT2D eigenvalue weighted by molar-refractivity contribution is 6.30. The van der Waals surface area contributed by atoms with E-state index in [1.54, 1.807) is 34.1 Å². The van der Waals surface area contributed by atoms with Gasteiger partial charge in [-0.1, -0.05) is 60.4 Å².